The average Bonchev–Trinajstić information content (AvgIpc) is 2.29. The van der Waals surface area contributed by atoms with Crippen molar-refractivity contribution in [1.29, 1.82) is 0 Å². The first-order chi connectivity index (χ1) is 7.63. The van der Waals surface area contributed by atoms with Crippen molar-refractivity contribution in [2.75, 3.05) is 6.61 Å². The quantitative estimate of drug-likeness (QED) is 0.584. The number of halogens is 1. The van der Waals surface area contributed by atoms with E-state index in [0.717, 1.165) is 6.29 Å². The monoisotopic (exact) mass is 266 g/mol. The first-order valence-electron chi connectivity index (χ1n) is 5.11. The van der Waals surface area contributed by atoms with Crippen LogP contribution in [0.4, 0.5) is 0 Å². The summed E-state index contributed by atoms with van der Waals surface area (Å²) in [4.78, 5) is 10.3. The Hall–Kier alpha value is -0.0600. The number of aldehydes is 1. The normalized spacial score (nSPS) is 13.4. The van der Waals surface area contributed by atoms with E-state index < -0.39 is 6.10 Å². The molecule has 1 aromatic rings. The van der Waals surface area contributed by atoms with Gasteiger partial charge in [-0.2, -0.15) is 0 Å². The molecule has 1 aromatic carbocycles. The predicted molar refractivity (Wildman–Crippen MR) is 70.2 cm³/mol. The summed E-state index contributed by atoms with van der Waals surface area (Å²) in [6.07, 6.45) is 0.196. The van der Waals surface area contributed by atoms with Gasteiger partial charge in [0.25, 0.3) is 0 Å². The van der Waals surface area contributed by atoms with Crippen LogP contribution in [0, 0.1) is 0 Å². The van der Waals surface area contributed by atoms with E-state index in [1.807, 2.05) is 19.1 Å². The van der Waals surface area contributed by atoms with Crippen LogP contribution in [0.5, 0.6) is 5.75 Å². The Balaban J connectivity index is 0.00000256. The molecular weight excluding hydrogens is 251 g/mol. The van der Waals surface area contributed by atoms with Crippen molar-refractivity contribution in [1.82, 2.24) is 0 Å². The second-order valence-corrected chi connectivity index (χ2v) is 3.94. The van der Waals surface area contributed by atoms with Gasteiger partial charge in [0.15, 0.2) is 0 Å². The van der Waals surface area contributed by atoms with Crippen molar-refractivity contribution >= 4 is 47.4 Å². The number of ether oxygens (including phenoxy) is 2. The van der Waals surface area contributed by atoms with E-state index in [1.165, 1.54) is 0 Å². The van der Waals surface area contributed by atoms with Crippen LogP contribution < -0.4 is 4.74 Å². The molecule has 17 heavy (non-hydrogen) atoms. The van der Waals surface area contributed by atoms with Gasteiger partial charge >= 0.3 is 29.6 Å². The summed E-state index contributed by atoms with van der Waals surface area (Å²) < 4.78 is 10.8. The van der Waals surface area contributed by atoms with E-state index in [0.29, 0.717) is 17.4 Å². The van der Waals surface area contributed by atoms with Gasteiger partial charge in [-0.3, -0.25) is 0 Å². The van der Waals surface area contributed by atoms with Crippen LogP contribution in [0.15, 0.2) is 24.3 Å². The number of hydrogen-bond donors (Lipinski definition) is 0. The molecule has 0 aliphatic rings. The number of para-hydroxylation sites is 1. The molecule has 0 heterocycles. The Labute approximate surface area is 129 Å². The number of carbonyl (C=O) groups is 1. The van der Waals surface area contributed by atoms with Crippen LogP contribution in [0.3, 0.4) is 0 Å². The summed E-state index contributed by atoms with van der Waals surface area (Å²) in [5, 5.41) is 0.567. The fourth-order valence-electron chi connectivity index (χ4n) is 1.12. The summed E-state index contributed by atoms with van der Waals surface area (Å²) in [5.41, 5.74) is 0. The summed E-state index contributed by atoms with van der Waals surface area (Å²) >= 11 is 5.94. The molecule has 1 rings (SSSR count). The van der Waals surface area contributed by atoms with Crippen LogP contribution in [-0.4, -0.2) is 54.7 Å². The van der Waals surface area contributed by atoms with E-state index in [-0.39, 0.29) is 35.7 Å². The van der Waals surface area contributed by atoms with Crippen molar-refractivity contribution in [2.24, 2.45) is 0 Å². The van der Waals surface area contributed by atoms with Gasteiger partial charge in [-0.15, -0.1) is 0 Å². The van der Waals surface area contributed by atoms with E-state index in [9.17, 15) is 4.79 Å². The molecule has 0 amide bonds. The third kappa shape index (κ3) is 6.43. The van der Waals surface area contributed by atoms with Crippen molar-refractivity contribution < 1.29 is 14.3 Å². The van der Waals surface area contributed by atoms with Crippen LogP contribution in [0.25, 0.3) is 0 Å². The van der Waals surface area contributed by atoms with Gasteiger partial charge in [-0.1, -0.05) is 23.7 Å². The Morgan fingerprint density at radius 3 is 2.59 bits per heavy atom. The molecule has 0 N–H and O–H groups in total. The molecule has 3 nitrogen and oxygen atoms in total. The van der Waals surface area contributed by atoms with E-state index in [1.54, 1.807) is 19.1 Å². The van der Waals surface area contributed by atoms with Gasteiger partial charge in [0.05, 0.1) is 11.6 Å². The first-order valence-corrected chi connectivity index (χ1v) is 5.49. The second-order valence-electron chi connectivity index (χ2n) is 3.53. The molecule has 0 aliphatic heterocycles. The minimum atomic E-state index is -0.405. The number of rotatable bonds is 6. The van der Waals surface area contributed by atoms with E-state index in [4.69, 9.17) is 21.1 Å². The van der Waals surface area contributed by atoms with Gasteiger partial charge in [0, 0.05) is 0 Å². The third-order valence-corrected chi connectivity index (χ3v) is 2.26. The first kappa shape index (κ1) is 16.9. The molecule has 2 atom stereocenters. The molecule has 0 radical (unpaired) electrons. The number of hydrogen-bond acceptors (Lipinski definition) is 3. The molecule has 0 fully saturated rings. The Bertz CT molecular complexity index is 346. The van der Waals surface area contributed by atoms with Gasteiger partial charge < -0.3 is 14.3 Å². The summed E-state index contributed by atoms with van der Waals surface area (Å²) in [5.74, 6) is 0.624. The van der Waals surface area contributed by atoms with Gasteiger partial charge in [-0.05, 0) is 26.0 Å². The second kappa shape index (κ2) is 8.95. The maximum absolute atomic E-state index is 10.3. The van der Waals surface area contributed by atoms with Crippen LogP contribution >= 0.6 is 11.6 Å². The molecule has 0 aromatic heterocycles. The third-order valence-electron chi connectivity index (χ3n) is 1.95. The standard InChI is InChI=1S/C12H15ClO3.Na.H/c1-9(7-14)15-8-10(2)16-12-6-4-3-5-11(12)13;;/h3-7,9-10H,8H2,1-2H3;;. The van der Waals surface area contributed by atoms with E-state index in [2.05, 4.69) is 0 Å². The predicted octanol–water partition coefficient (Wildman–Crippen LogP) is 2.06. The van der Waals surface area contributed by atoms with Gasteiger partial charge in [0.1, 0.15) is 24.2 Å². The topological polar surface area (TPSA) is 35.5 Å². The van der Waals surface area contributed by atoms with Gasteiger partial charge in [-0.25, -0.2) is 0 Å². The molecule has 0 aliphatic carbocycles. The van der Waals surface area contributed by atoms with Crippen LogP contribution in [-0.2, 0) is 9.53 Å². The Morgan fingerprint density at radius 1 is 1.35 bits per heavy atom. The molecule has 5 heteroatoms. The van der Waals surface area contributed by atoms with Crippen molar-refractivity contribution in [3.63, 3.8) is 0 Å². The zero-order valence-electron chi connectivity index (χ0n) is 9.35. The van der Waals surface area contributed by atoms with Gasteiger partial charge in [0.2, 0.25) is 0 Å². The number of benzene rings is 1. The van der Waals surface area contributed by atoms with E-state index >= 15 is 0 Å². The summed E-state index contributed by atoms with van der Waals surface area (Å²) in [6.45, 7) is 3.90. The Morgan fingerprint density at radius 2 is 2.00 bits per heavy atom. The van der Waals surface area contributed by atoms with Crippen molar-refractivity contribution in [2.45, 2.75) is 26.1 Å². The fourth-order valence-corrected chi connectivity index (χ4v) is 1.30. The molecular formula is C12H16ClNaO3. The molecule has 0 saturated heterocycles. The zero-order chi connectivity index (χ0) is 12.0. The molecule has 90 valence electrons. The Kier molecular flexibility index (Phi) is 8.92. The van der Waals surface area contributed by atoms with Crippen molar-refractivity contribution in [3.8, 4) is 5.75 Å². The summed E-state index contributed by atoms with van der Waals surface area (Å²) in [7, 11) is 0. The zero-order valence-corrected chi connectivity index (χ0v) is 10.1. The van der Waals surface area contributed by atoms with Crippen LogP contribution in [0.1, 0.15) is 13.8 Å². The molecule has 0 bridgehead atoms. The summed E-state index contributed by atoms with van der Waals surface area (Å²) in [6, 6.07) is 7.24. The maximum atomic E-state index is 10.3. The average molecular weight is 267 g/mol. The van der Waals surface area contributed by atoms with Crippen molar-refractivity contribution in [3.05, 3.63) is 29.3 Å². The minimum absolute atomic E-state index is 0. The molecule has 0 saturated carbocycles. The fraction of sp³-hybridized carbons (Fsp3) is 0.417. The molecule has 2 unspecified atom stereocenters. The van der Waals surface area contributed by atoms with Crippen LogP contribution in [0.2, 0.25) is 5.02 Å². The SMILES string of the molecule is CC(C=O)OCC(C)Oc1ccccc1Cl.[NaH]. The molecule has 0 spiro atoms. The number of carbonyl (C=O) groups excluding carboxylic acids is 1.